The SMILES string of the molecule is CCCCCCCCCCCCCc1cccc([O-])c1Oc1cccc(S(=O)(=O)O)c1.[K+]. The summed E-state index contributed by atoms with van der Waals surface area (Å²) in [7, 11) is -4.33. The van der Waals surface area contributed by atoms with Crippen molar-refractivity contribution in [2.75, 3.05) is 0 Å². The smallest absolute Gasteiger partial charge is 0.870 e. The van der Waals surface area contributed by atoms with Crippen LogP contribution in [-0.4, -0.2) is 13.0 Å². The zero-order valence-corrected chi connectivity index (χ0v) is 23.5. The number of unbranched alkanes of at least 4 members (excludes halogenated alkanes) is 10. The molecule has 0 aliphatic carbocycles. The first-order chi connectivity index (χ1) is 14.9. The van der Waals surface area contributed by atoms with Crippen LogP contribution in [0.1, 0.15) is 83.1 Å². The van der Waals surface area contributed by atoms with Gasteiger partial charge in [-0.3, -0.25) is 4.55 Å². The molecule has 0 amide bonds. The molecule has 2 aromatic rings. The first-order valence-corrected chi connectivity index (χ1v) is 12.9. The topological polar surface area (TPSA) is 86.7 Å². The normalized spacial score (nSPS) is 11.2. The molecule has 172 valence electrons. The quantitative estimate of drug-likeness (QED) is 0.236. The maximum Gasteiger partial charge on any atom is 1.00 e. The molecular weight excluding hydrogens is 451 g/mol. The Bertz CT molecular complexity index is 899. The predicted molar refractivity (Wildman–Crippen MR) is 122 cm³/mol. The molecule has 0 unspecified atom stereocenters. The minimum atomic E-state index is -4.33. The zero-order chi connectivity index (χ0) is 22.5. The molecule has 0 aliphatic heterocycles. The van der Waals surface area contributed by atoms with Crippen LogP contribution in [0.3, 0.4) is 0 Å². The molecule has 32 heavy (non-hydrogen) atoms. The van der Waals surface area contributed by atoms with Crippen LogP contribution in [0.15, 0.2) is 47.4 Å². The van der Waals surface area contributed by atoms with E-state index in [1.54, 1.807) is 12.1 Å². The molecule has 2 rings (SSSR count). The van der Waals surface area contributed by atoms with Gasteiger partial charge in [-0.15, -0.1) is 0 Å². The number of rotatable bonds is 15. The van der Waals surface area contributed by atoms with Crippen LogP contribution in [0.2, 0.25) is 0 Å². The van der Waals surface area contributed by atoms with Gasteiger partial charge >= 0.3 is 51.4 Å². The van der Waals surface area contributed by atoms with Gasteiger partial charge in [0.2, 0.25) is 0 Å². The first kappa shape index (κ1) is 29.6. The second-order valence-corrected chi connectivity index (χ2v) is 9.50. The Labute approximate surface area is 236 Å². The monoisotopic (exact) mass is 486 g/mol. The van der Waals surface area contributed by atoms with Gasteiger partial charge in [-0.05, 0) is 30.5 Å². The number of ether oxygens (including phenoxy) is 1. The van der Waals surface area contributed by atoms with Crippen molar-refractivity contribution in [3.63, 3.8) is 0 Å². The van der Waals surface area contributed by atoms with Gasteiger partial charge in [-0.2, -0.15) is 8.42 Å². The zero-order valence-electron chi connectivity index (χ0n) is 19.5. The average molecular weight is 487 g/mol. The minimum absolute atomic E-state index is 0. The Morgan fingerprint density at radius 3 is 2.00 bits per heavy atom. The number of aryl methyl sites for hydroxylation is 1. The molecule has 0 radical (unpaired) electrons. The van der Waals surface area contributed by atoms with E-state index in [4.69, 9.17) is 4.74 Å². The second kappa shape index (κ2) is 16.3. The summed E-state index contributed by atoms with van der Waals surface area (Å²) in [6.07, 6.45) is 14.6. The Balaban J connectivity index is 0.00000512. The number of benzene rings is 2. The fraction of sp³-hybridized carbons (Fsp3) is 0.520. The van der Waals surface area contributed by atoms with Gasteiger partial charge in [0.15, 0.2) is 0 Å². The molecule has 2 aromatic carbocycles. The molecule has 0 aromatic heterocycles. The molecule has 0 fully saturated rings. The Kier molecular flexibility index (Phi) is 15.0. The van der Waals surface area contributed by atoms with E-state index in [1.165, 1.54) is 82.1 Å². The van der Waals surface area contributed by atoms with Crippen LogP contribution in [0.4, 0.5) is 0 Å². The van der Waals surface area contributed by atoms with Crippen molar-refractivity contribution < 1.29 is 74.2 Å². The third-order valence-corrected chi connectivity index (χ3v) is 6.28. The van der Waals surface area contributed by atoms with Crippen LogP contribution in [0.5, 0.6) is 17.2 Å². The summed E-state index contributed by atoms with van der Waals surface area (Å²) in [6, 6.07) is 10.6. The van der Waals surface area contributed by atoms with Crippen molar-refractivity contribution >= 4 is 10.1 Å². The predicted octanol–water partition coefficient (Wildman–Crippen LogP) is 3.66. The van der Waals surface area contributed by atoms with E-state index in [0.29, 0.717) is 0 Å². The third-order valence-electron chi connectivity index (χ3n) is 5.43. The molecule has 0 saturated heterocycles. The fourth-order valence-corrected chi connectivity index (χ4v) is 4.19. The van der Waals surface area contributed by atoms with Crippen LogP contribution in [0.25, 0.3) is 0 Å². The largest absolute Gasteiger partial charge is 1.00 e. The van der Waals surface area contributed by atoms with Gasteiger partial charge in [-0.25, -0.2) is 0 Å². The van der Waals surface area contributed by atoms with E-state index < -0.39 is 10.1 Å². The summed E-state index contributed by atoms with van der Waals surface area (Å²) < 4.78 is 37.6. The summed E-state index contributed by atoms with van der Waals surface area (Å²) >= 11 is 0. The van der Waals surface area contributed by atoms with Crippen LogP contribution < -0.4 is 61.2 Å². The number of para-hydroxylation sites is 1. The fourth-order valence-electron chi connectivity index (χ4n) is 3.67. The van der Waals surface area contributed by atoms with E-state index in [2.05, 4.69) is 6.92 Å². The van der Waals surface area contributed by atoms with E-state index in [1.807, 2.05) is 6.07 Å². The molecule has 7 heteroatoms. The average Bonchev–Trinajstić information content (AvgIpc) is 2.74. The standard InChI is InChI=1S/C25H36O5S.K/c1-2-3-4-5-6-7-8-9-10-11-12-15-21-16-13-19-24(26)25(21)30-22-17-14-18-23(20-22)31(27,28)29;/h13-14,16-20,26H,2-12,15H2,1H3,(H,27,28,29);/q;+1/p-1. The summed E-state index contributed by atoms with van der Waals surface area (Å²) in [4.78, 5) is -0.264. The molecule has 5 nitrogen and oxygen atoms in total. The summed E-state index contributed by atoms with van der Waals surface area (Å²) in [6.45, 7) is 2.24. The van der Waals surface area contributed by atoms with E-state index >= 15 is 0 Å². The molecule has 0 bridgehead atoms. The van der Waals surface area contributed by atoms with Crippen molar-refractivity contribution in [3.05, 3.63) is 48.0 Å². The number of hydrogen-bond donors (Lipinski definition) is 1. The van der Waals surface area contributed by atoms with Crippen LogP contribution in [-0.2, 0) is 16.5 Å². The van der Waals surface area contributed by atoms with E-state index in [9.17, 15) is 18.1 Å². The van der Waals surface area contributed by atoms with Crippen molar-refractivity contribution in [1.29, 1.82) is 0 Å². The summed E-state index contributed by atoms with van der Waals surface area (Å²) in [5.41, 5.74) is 0.820. The van der Waals surface area contributed by atoms with Gasteiger partial charge in [0.05, 0.1) is 4.90 Å². The van der Waals surface area contributed by atoms with Gasteiger partial charge in [0, 0.05) is 6.07 Å². The van der Waals surface area contributed by atoms with Gasteiger partial charge in [-0.1, -0.05) is 101 Å². The maximum atomic E-state index is 12.3. The first-order valence-electron chi connectivity index (χ1n) is 11.5. The maximum absolute atomic E-state index is 12.3. The molecule has 0 aliphatic rings. The van der Waals surface area contributed by atoms with E-state index in [-0.39, 0.29) is 73.5 Å². The van der Waals surface area contributed by atoms with Crippen molar-refractivity contribution in [1.82, 2.24) is 0 Å². The molecular formula is C25H35KO5S. The Hall–Kier alpha value is -0.414. The van der Waals surface area contributed by atoms with Crippen molar-refractivity contribution in [2.24, 2.45) is 0 Å². The number of hydrogen-bond acceptors (Lipinski definition) is 4. The van der Waals surface area contributed by atoms with Crippen molar-refractivity contribution in [2.45, 2.75) is 88.9 Å². The molecule has 0 atom stereocenters. The Morgan fingerprint density at radius 1 is 0.844 bits per heavy atom. The summed E-state index contributed by atoms with van der Waals surface area (Å²) in [5, 5.41) is 12.3. The summed E-state index contributed by atoms with van der Waals surface area (Å²) in [5.74, 6) is 0.193. The third kappa shape index (κ3) is 11.1. The Morgan fingerprint density at radius 2 is 1.41 bits per heavy atom. The van der Waals surface area contributed by atoms with Crippen LogP contribution >= 0.6 is 0 Å². The molecule has 0 heterocycles. The van der Waals surface area contributed by atoms with Gasteiger partial charge in [0.25, 0.3) is 10.1 Å². The van der Waals surface area contributed by atoms with Gasteiger partial charge in [0.1, 0.15) is 11.5 Å². The van der Waals surface area contributed by atoms with Crippen molar-refractivity contribution in [3.8, 4) is 17.2 Å². The molecule has 0 saturated carbocycles. The second-order valence-electron chi connectivity index (χ2n) is 8.08. The molecule has 0 spiro atoms. The minimum Gasteiger partial charge on any atom is -0.870 e. The van der Waals surface area contributed by atoms with Gasteiger partial charge < -0.3 is 9.84 Å². The molecule has 1 N–H and O–H groups in total. The van der Waals surface area contributed by atoms with E-state index in [0.717, 1.165) is 24.8 Å². The van der Waals surface area contributed by atoms with Crippen LogP contribution in [0, 0.1) is 0 Å².